The Morgan fingerprint density at radius 3 is 2.05 bits per heavy atom. The maximum atomic E-state index is 6.31. The Morgan fingerprint density at radius 1 is 0.842 bits per heavy atom. The van der Waals surface area contributed by atoms with E-state index in [1.165, 1.54) is 51.4 Å². The second-order valence-corrected chi connectivity index (χ2v) is 5.68. The first-order valence-electron chi connectivity index (χ1n) is 8.29. The minimum atomic E-state index is 0.209. The molecule has 0 aromatic rings. The van der Waals surface area contributed by atoms with Gasteiger partial charge in [0, 0.05) is 12.6 Å². The van der Waals surface area contributed by atoms with Crippen LogP contribution in [-0.4, -0.2) is 32.0 Å². The van der Waals surface area contributed by atoms with Gasteiger partial charge in [-0.1, -0.05) is 51.4 Å². The van der Waals surface area contributed by atoms with Crippen molar-refractivity contribution in [2.45, 2.75) is 83.3 Å². The molecule has 114 valence electrons. The monoisotopic (exact) mass is 271 g/mol. The van der Waals surface area contributed by atoms with Crippen LogP contribution in [0.25, 0.3) is 0 Å². The second kappa shape index (κ2) is 11.7. The molecule has 1 rings (SSSR count). The molecule has 0 spiro atoms. The van der Waals surface area contributed by atoms with E-state index in [9.17, 15) is 0 Å². The first-order valence-corrected chi connectivity index (χ1v) is 8.29. The summed E-state index contributed by atoms with van der Waals surface area (Å²) in [7, 11) is 0. The van der Waals surface area contributed by atoms with Crippen molar-refractivity contribution in [3.63, 3.8) is 0 Å². The van der Waals surface area contributed by atoms with Gasteiger partial charge < -0.3 is 15.2 Å². The zero-order chi connectivity index (χ0) is 13.8. The van der Waals surface area contributed by atoms with Gasteiger partial charge in [-0.15, -0.1) is 0 Å². The molecule has 0 saturated heterocycles. The molecule has 1 fully saturated rings. The number of nitrogens with two attached hydrogens (primary N) is 1. The fraction of sp³-hybridized carbons (Fsp3) is 1.00. The molecule has 2 atom stereocenters. The summed E-state index contributed by atoms with van der Waals surface area (Å²) in [4.78, 5) is 0. The summed E-state index contributed by atoms with van der Waals surface area (Å²) in [5.74, 6) is 0. The van der Waals surface area contributed by atoms with Gasteiger partial charge in [-0.05, 0) is 19.8 Å². The number of ether oxygens (including phenoxy) is 2. The number of rotatable bonds is 5. The fourth-order valence-electron chi connectivity index (χ4n) is 2.80. The molecule has 0 aliphatic heterocycles. The van der Waals surface area contributed by atoms with E-state index in [2.05, 4.69) is 0 Å². The van der Waals surface area contributed by atoms with Crippen LogP contribution in [0.1, 0.15) is 71.1 Å². The first-order chi connectivity index (χ1) is 9.34. The molecule has 2 unspecified atom stereocenters. The molecular formula is C16H33NO2. The van der Waals surface area contributed by atoms with E-state index >= 15 is 0 Å². The summed E-state index contributed by atoms with van der Waals surface area (Å²) in [6.07, 6.45) is 13.2. The van der Waals surface area contributed by atoms with Crippen LogP contribution in [0.3, 0.4) is 0 Å². The molecule has 3 nitrogen and oxygen atoms in total. The Kier molecular flexibility index (Phi) is 10.4. The molecule has 0 bridgehead atoms. The Labute approximate surface area is 119 Å². The molecule has 19 heavy (non-hydrogen) atoms. The van der Waals surface area contributed by atoms with Gasteiger partial charge in [0.05, 0.1) is 19.3 Å². The third kappa shape index (κ3) is 8.61. The van der Waals surface area contributed by atoms with Crippen LogP contribution in [-0.2, 0) is 9.47 Å². The molecule has 0 aromatic heterocycles. The minimum absolute atomic E-state index is 0.209. The highest BCUT2D eigenvalue weighted by Gasteiger charge is 2.18. The van der Waals surface area contributed by atoms with Crippen molar-refractivity contribution in [3.05, 3.63) is 0 Å². The van der Waals surface area contributed by atoms with Crippen molar-refractivity contribution in [2.24, 2.45) is 5.73 Å². The summed E-state index contributed by atoms with van der Waals surface area (Å²) in [6, 6.07) is 0.209. The van der Waals surface area contributed by atoms with E-state index in [0.29, 0.717) is 13.2 Å². The minimum Gasteiger partial charge on any atom is -0.379 e. The lowest BCUT2D eigenvalue weighted by Crippen LogP contribution is -2.37. The molecule has 0 radical (unpaired) electrons. The van der Waals surface area contributed by atoms with Crippen LogP contribution >= 0.6 is 0 Å². The molecule has 0 heterocycles. The fourth-order valence-corrected chi connectivity index (χ4v) is 2.80. The van der Waals surface area contributed by atoms with Crippen LogP contribution in [0, 0.1) is 0 Å². The molecule has 0 amide bonds. The van der Waals surface area contributed by atoms with Gasteiger partial charge in [0.2, 0.25) is 0 Å². The number of hydrogen-bond donors (Lipinski definition) is 1. The van der Waals surface area contributed by atoms with Crippen LogP contribution in [0.5, 0.6) is 0 Å². The summed E-state index contributed by atoms with van der Waals surface area (Å²) in [5.41, 5.74) is 6.31. The smallest absolute Gasteiger partial charge is 0.0727 e. The second-order valence-electron chi connectivity index (χ2n) is 5.68. The van der Waals surface area contributed by atoms with Gasteiger partial charge in [0.25, 0.3) is 0 Å². The zero-order valence-corrected chi connectivity index (χ0v) is 12.7. The third-order valence-corrected chi connectivity index (χ3v) is 4.02. The van der Waals surface area contributed by atoms with Crippen molar-refractivity contribution in [3.8, 4) is 0 Å². The van der Waals surface area contributed by atoms with Gasteiger partial charge in [0.15, 0.2) is 0 Å². The Hall–Kier alpha value is -0.120. The highest BCUT2D eigenvalue weighted by Crippen LogP contribution is 2.18. The SMILES string of the molecule is CCOCCOC1CCCCCCCCCCC1N. The summed E-state index contributed by atoms with van der Waals surface area (Å²) < 4.78 is 11.3. The van der Waals surface area contributed by atoms with E-state index in [4.69, 9.17) is 15.2 Å². The zero-order valence-electron chi connectivity index (χ0n) is 12.7. The summed E-state index contributed by atoms with van der Waals surface area (Å²) in [6.45, 7) is 4.16. The normalized spacial score (nSPS) is 27.5. The molecule has 1 aliphatic carbocycles. The largest absolute Gasteiger partial charge is 0.379 e. The van der Waals surface area contributed by atoms with Gasteiger partial charge in [-0.2, -0.15) is 0 Å². The maximum Gasteiger partial charge on any atom is 0.0727 e. The molecule has 1 saturated carbocycles. The van der Waals surface area contributed by atoms with Gasteiger partial charge in [-0.3, -0.25) is 0 Å². The van der Waals surface area contributed by atoms with Crippen LogP contribution in [0.15, 0.2) is 0 Å². The van der Waals surface area contributed by atoms with Gasteiger partial charge >= 0.3 is 0 Å². The predicted octanol–water partition coefficient (Wildman–Crippen LogP) is 3.65. The lowest BCUT2D eigenvalue weighted by atomic mass is 9.96. The quantitative estimate of drug-likeness (QED) is 0.776. The Morgan fingerprint density at radius 2 is 1.42 bits per heavy atom. The van der Waals surface area contributed by atoms with Gasteiger partial charge in [-0.25, -0.2) is 0 Å². The summed E-state index contributed by atoms with van der Waals surface area (Å²) in [5, 5.41) is 0. The summed E-state index contributed by atoms with van der Waals surface area (Å²) >= 11 is 0. The van der Waals surface area contributed by atoms with Crippen molar-refractivity contribution < 1.29 is 9.47 Å². The van der Waals surface area contributed by atoms with E-state index in [1.54, 1.807) is 0 Å². The molecular weight excluding hydrogens is 238 g/mol. The maximum absolute atomic E-state index is 6.31. The van der Waals surface area contributed by atoms with Crippen LogP contribution in [0.2, 0.25) is 0 Å². The first kappa shape index (κ1) is 16.9. The topological polar surface area (TPSA) is 44.5 Å². The Bertz CT molecular complexity index is 197. The van der Waals surface area contributed by atoms with Crippen molar-refractivity contribution in [1.82, 2.24) is 0 Å². The van der Waals surface area contributed by atoms with E-state index in [0.717, 1.165) is 19.4 Å². The average molecular weight is 271 g/mol. The lowest BCUT2D eigenvalue weighted by molar-refractivity contribution is -0.00992. The van der Waals surface area contributed by atoms with Crippen molar-refractivity contribution in [1.29, 1.82) is 0 Å². The van der Waals surface area contributed by atoms with E-state index in [1.807, 2.05) is 6.92 Å². The highest BCUT2D eigenvalue weighted by atomic mass is 16.5. The van der Waals surface area contributed by atoms with Crippen molar-refractivity contribution in [2.75, 3.05) is 19.8 Å². The van der Waals surface area contributed by atoms with Gasteiger partial charge in [0.1, 0.15) is 0 Å². The average Bonchev–Trinajstić information content (AvgIpc) is 2.41. The standard InChI is InChI=1S/C16H33NO2/c1-2-18-13-14-19-16-12-10-8-6-4-3-5-7-9-11-15(16)17/h15-16H,2-14,17H2,1H3. The predicted molar refractivity (Wildman–Crippen MR) is 80.4 cm³/mol. The molecule has 2 N–H and O–H groups in total. The molecule has 0 aromatic carbocycles. The van der Waals surface area contributed by atoms with E-state index in [-0.39, 0.29) is 12.1 Å². The van der Waals surface area contributed by atoms with Crippen LogP contribution < -0.4 is 5.73 Å². The van der Waals surface area contributed by atoms with Crippen molar-refractivity contribution >= 4 is 0 Å². The lowest BCUT2D eigenvalue weighted by Gasteiger charge is -2.25. The Balaban J connectivity index is 2.29. The van der Waals surface area contributed by atoms with E-state index < -0.39 is 0 Å². The highest BCUT2D eigenvalue weighted by molar-refractivity contribution is 4.74. The molecule has 3 heteroatoms. The third-order valence-electron chi connectivity index (χ3n) is 4.02. The van der Waals surface area contributed by atoms with Crippen LogP contribution in [0.4, 0.5) is 0 Å². The number of hydrogen-bond acceptors (Lipinski definition) is 3. The molecule has 1 aliphatic rings.